The fourth-order valence-corrected chi connectivity index (χ4v) is 1.88. The molecule has 0 aromatic heterocycles. The number of nitrogens with two attached hydrogens (primary N) is 1. The van der Waals surface area contributed by atoms with Crippen molar-refractivity contribution in [2.75, 3.05) is 5.73 Å². The molecule has 0 saturated carbocycles. The van der Waals surface area contributed by atoms with Gasteiger partial charge in [0.2, 0.25) is 0 Å². The maximum absolute atomic E-state index is 12.0. The normalized spacial score (nSPS) is 10.1. The number of carboxylic acids is 1. The Morgan fingerprint density at radius 3 is 2.57 bits per heavy atom. The first-order valence-corrected chi connectivity index (χ1v) is 6.44. The Balaban J connectivity index is 2.05. The van der Waals surface area contributed by atoms with Gasteiger partial charge >= 0.3 is 5.97 Å². The van der Waals surface area contributed by atoms with Crippen LogP contribution < -0.4 is 11.1 Å². The fraction of sp³-hybridized carbons (Fsp3) is 0.125. The van der Waals surface area contributed by atoms with Gasteiger partial charge in [-0.2, -0.15) is 0 Å². The van der Waals surface area contributed by atoms with Gasteiger partial charge in [0, 0.05) is 17.8 Å². The molecule has 1 amide bonds. The Kier molecular flexibility index (Phi) is 4.23. The lowest BCUT2D eigenvalue weighted by Gasteiger charge is -2.08. The molecule has 108 valence electrons. The van der Waals surface area contributed by atoms with Crippen molar-refractivity contribution in [1.82, 2.24) is 5.32 Å². The Hall–Kier alpha value is -2.82. The first-order chi connectivity index (χ1) is 9.97. The van der Waals surface area contributed by atoms with Crippen LogP contribution in [0.15, 0.2) is 42.5 Å². The minimum absolute atomic E-state index is 0.196. The summed E-state index contributed by atoms with van der Waals surface area (Å²) in [5, 5.41) is 11.7. The smallest absolute Gasteiger partial charge is 0.335 e. The second kappa shape index (κ2) is 6.09. The van der Waals surface area contributed by atoms with Crippen LogP contribution in [0.2, 0.25) is 0 Å². The molecule has 0 spiro atoms. The van der Waals surface area contributed by atoms with Gasteiger partial charge in [-0.05, 0) is 42.3 Å². The topological polar surface area (TPSA) is 92.4 Å². The molecule has 21 heavy (non-hydrogen) atoms. The number of aryl methyl sites for hydroxylation is 1. The van der Waals surface area contributed by atoms with Crippen molar-refractivity contribution in [1.29, 1.82) is 0 Å². The molecule has 0 radical (unpaired) electrons. The van der Waals surface area contributed by atoms with Crippen LogP contribution in [0, 0.1) is 6.92 Å². The third-order valence-corrected chi connectivity index (χ3v) is 3.17. The molecule has 5 heteroatoms. The van der Waals surface area contributed by atoms with Gasteiger partial charge in [0.25, 0.3) is 5.91 Å². The Morgan fingerprint density at radius 1 is 1.14 bits per heavy atom. The molecule has 4 N–H and O–H groups in total. The molecule has 0 saturated heterocycles. The number of amides is 1. The van der Waals surface area contributed by atoms with Gasteiger partial charge in [0.1, 0.15) is 0 Å². The van der Waals surface area contributed by atoms with Gasteiger partial charge in [-0.25, -0.2) is 4.79 Å². The first kappa shape index (κ1) is 14.6. The largest absolute Gasteiger partial charge is 0.478 e. The number of benzene rings is 2. The van der Waals surface area contributed by atoms with Gasteiger partial charge in [-0.3, -0.25) is 4.79 Å². The van der Waals surface area contributed by atoms with Crippen LogP contribution in [-0.2, 0) is 6.54 Å². The molecule has 0 heterocycles. The third kappa shape index (κ3) is 3.60. The van der Waals surface area contributed by atoms with Crippen molar-refractivity contribution in [3.8, 4) is 0 Å². The molecule has 5 nitrogen and oxygen atoms in total. The molecule has 2 aromatic rings. The number of anilines is 1. The van der Waals surface area contributed by atoms with E-state index in [0.29, 0.717) is 11.3 Å². The second-order valence-corrected chi connectivity index (χ2v) is 4.76. The quantitative estimate of drug-likeness (QED) is 0.750. The van der Waals surface area contributed by atoms with Crippen molar-refractivity contribution >= 4 is 17.6 Å². The highest BCUT2D eigenvalue weighted by atomic mass is 16.4. The number of carboxylic acid groups (broad SMARTS) is 1. The number of rotatable bonds is 4. The van der Waals surface area contributed by atoms with E-state index in [4.69, 9.17) is 10.8 Å². The second-order valence-electron chi connectivity index (χ2n) is 4.76. The standard InChI is InChI=1S/C16H16N2O3/c1-10-5-6-12(8-14(10)17)15(19)18-9-11-3-2-4-13(7-11)16(20)21/h2-8H,9,17H2,1H3,(H,18,19)(H,20,21). The van der Waals surface area contributed by atoms with Crippen LogP contribution in [0.25, 0.3) is 0 Å². The van der Waals surface area contributed by atoms with Crippen LogP contribution in [-0.4, -0.2) is 17.0 Å². The van der Waals surface area contributed by atoms with E-state index < -0.39 is 5.97 Å². The van der Waals surface area contributed by atoms with Gasteiger partial charge in [0.15, 0.2) is 0 Å². The number of nitrogen functional groups attached to an aromatic ring is 1. The molecule has 2 rings (SSSR count). The maximum Gasteiger partial charge on any atom is 0.335 e. The van der Waals surface area contributed by atoms with Crippen molar-refractivity contribution in [2.45, 2.75) is 13.5 Å². The number of carbonyl (C=O) groups excluding carboxylic acids is 1. The number of aromatic carboxylic acids is 1. The minimum atomic E-state index is -0.991. The number of nitrogens with one attached hydrogen (secondary N) is 1. The molecular formula is C16H16N2O3. The van der Waals surface area contributed by atoms with E-state index in [2.05, 4.69) is 5.32 Å². The Bertz CT molecular complexity index is 696. The van der Waals surface area contributed by atoms with Crippen LogP contribution in [0.1, 0.15) is 31.8 Å². The van der Waals surface area contributed by atoms with Crippen molar-refractivity contribution in [2.24, 2.45) is 0 Å². The number of hydrogen-bond donors (Lipinski definition) is 3. The Labute approximate surface area is 122 Å². The molecule has 0 fully saturated rings. The van der Waals surface area contributed by atoms with E-state index in [9.17, 15) is 9.59 Å². The number of carbonyl (C=O) groups is 2. The fourth-order valence-electron chi connectivity index (χ4n) is 1.88. The van der Waals surface area contributed by atoms with Crippen molar-refractivity contribution < 1.29 is 14.7 Å². The summed E-state index contributed by atoms with van der Waals surface area (Å²) < 4.78 is 0. The lowest BCUT2D eigenvalue weighted by Crippen LogP contribution is -2.23. The van der Waals surface area contributed by atoms with Gasteiger partial charge in [-0.1, -0.05) is 18.2 Å². The van der Waals surface area contributed by atoms with Crippen LogP contribution in [0.3, 0.4) is 0 Å². The number of hydrogen-bond acceptors (Lipinski definition) is 3. The predicted octanol–water partition coefficient (Wildman–Crippen LogP) is 2.21. The van der Waals surface area contributed by atoms with E-state index in [1.165, 1.54) is 12.1 Å². The third-order valence-electron chi connectivity index (χ3n) is 3.17. The maximum atomic E-state index is 12.0. The van der Waals surface area contributed by atoms with E-state index in [0.717, 1.165) is 11.1 Å². The molecular weight excluding hydrogens is 268 g/mol. The summed E-state index contributed by atoms with van der Waals surface area (Å²) in [6.07, 6.45) is 0. The van der Waals surface area contributed by atoms with E-state index in [1.54, 1.807) is 30.3 Å². The van der Waals surface area contributed by atoms with Gasteiger partial charge in [0.05, 0.1) is 5.56 Å². The Morgan fingerprint density at radius 2 is 1.90 bits per heavy atom. The summed E-state index contributed by atoms with van der Waals surface area (Å²) in [6.45, 7) is 2.13. The van der Waals surface area contributed by atoms with Crippen LogP contribution in [0.5, 0.6) is 0 Å². The van der Waals surface area contributed by atoms with E-state index in [-0.39, 0.29) is 18.0 Å². The highest BCUT2D eigenvalue weighted by molar-refractivity contribution is 5.95. The van der Waals surface area contributed by atoms with Crippen LogP contribution >= 0.6 is 0 Å². The lowest BCUT2D eigenvalue weighted by atomic mass is 10.1. The summed E-state index contributed by atoms with van der Waals surface area (Å²) in [7, 11) is 0. The monoisotopic (exact) mass is 284 g/mol. The summed E-state index contributed by atoms with van der Waals surface area (Å²) in [6, 6.07) is 11.6. The zero-order valence-corrected chi connectivity index (χ0v) is 11.6. The lowest BCUT2D eigenvalue weighted by molar-refractivity contribution is 0.0696. The van der Waals surface area contributed by atoms with E-state index in [1.807, 2.05) is 6.92 Å². The highest BCUT2D eigenvalue weighted by Crippen LogP contribution is 2.13. The van der Waals surface area contributed by atoms with Gasteiger partial charge in [-0.15, -0.1) is 0 Å². The zero-order valence-electron chi connectivity index (χ0n) is 11.6. The van der Waals surface area contributed by atoms with Crippen molar-refractivity contribution in [3.05, 3.63) is 64.7 Å². The van der Waals surface area contributed by atoms with Gasteiger partial charge < -0.3 is 16.2 Å². The molecule has 0 aliphatic heterocycles. The predicted molar refractivity (Wildman–Crippen MR) is 80.2 cm³/mol. The molecule has 0 aliphatic carbocycles. The van der Waals surface area contributed by atoms with Crippen molar-refractivity contribution in [3.63, 3.8) is 0 Å². The van der Waals surface area contributed by atoms with E-state index >= 15 is 0 Å². The summed E-state index contributed by atoms with van der Waals surface area (Å²) in [5.41, 5.74) is 8.66. The summed E-state index contributed by atoms with van der Waals surface area (Å²) in [4.78, 5) is 22.9. The molecule has 0 unspecified atom stereocenters. The molecule has 0 aliphatic rings. The molecule has 0 atom stereocenters. The summed E-state index contributed by atoms with van der Waals surface area (Å²) in [5.74, 6) is -1.24. The first-order valence-electron chi connectivity index (χ1n) is 6.44. The van der Waals surface area contributed by atoms with Crippen LogP contribution in [0.4, 0.5) is 5.69 Å². The minimum Gasteiger partial charge on any atom is -0.478 e. The highest BCUT2D eigenvalue weighted by Gasteiger charge is 2.08. The molecule has 2 aromatic carbocycles. The average molecular weight is 284 g/mol. The average Bonchev–Trinajstić information content (AvgIpc) is 2.48. The summed E-state index contributed by atoms with van der Waals surface area (Å²) >= 11 is 0. The zero-order chi connectivity index (χ0) is 15.4. The molecule has 0 bridgehead atoms. The SMILES string of the molecule is Cc1ccc(C(=O)NCc2cccc(C(=O)O)c2)cc1N.